The third-order valence-electron chi connectivity index (χ3n) is 1.13. The molecule has 0 amide bonds. The van der Waals surface area contributed by atoms with Gasteiger partial charge in [-0.2, -0.15) is 5.56 Å². The van der Waals surface area contributed by atoms with Crippen LogP contribution in [-0.4, -0.2) is 0 Å². The Labute approximate surface area is 86.2 Å². The molecule has 1 aromatic rings. The molecule has 1 nitrogen and oxygen atoms in total. The Morgan fingerprint density at radius 3 is 2.10 bits per heavy atom. The monoisotopic (exact) mass is 207 g/mol. The average Bonchev–Trinajstić information content (AvgIpc) is 1.90. The molecule has 0 saturated carbocycles. The van der Waals surface area contributed by atoms with Crippen molar-refractivity contribution in [3.05, 3.63) is 36.4 Å². The largest absolute Gasteiger partial charge is 0.399 e. The maximum absolute atomic E-state index is 5.43. The molecule has 1 rings (SSSR count). The molecule has 0 unspecified atom stereocenters. The van der Waals surface area contributed by atoms with E-state index in [9.17, 15) is 0 Å². The molecule has 0 spiro atoms. The minimum atomic E-state index is 0. The van der Waals surface area contributed by atoms with Gasteiger partial charge in [-0.05, 0) is 0 Å². The normalized spacial score (nSPS) is 8.00. The summed E-state index contributed by atoms with van der Waals surface area (Å²) in [4.78, 5) is 0. The third kappa shape index (κ3) is 2.63. The molecular weight excluding hydrogens is 199 g/mol. The zero-order chi connectivity index (χ0) is 6.69. The Morgan fingerprint density at radius 1 is 1.20 bits per heavy atom. The van der Waals surface area contributed by atoms with E-state index in [0.717, 1.165) is 11.3 Å². The molecule has 2 N–H and O–H groups in total. The van der Waals surface area contributed by atoms with E-state index < -0.39 is 0 Å². The fraction of sp³-hybridized carbons (Fsp3) is 0. The minimum absolute atomic E-state index is 0. The average molecular weight is 207 g/mol. The van der Waals surface area contributed by atoms with E-state index in [1.807, 2.05) is 24.3 Å². The van der Waals surface area contributed by atoms with Gasteiger partial charge in [-0.15, -0.1) is 12.1 Å². The summed E-state index contributed by atoms with van der Waals surface area (Å²) in [5.41, 5.74) is 7.18. The molecule has 0 fully saturated rings. The van der Waals surface area contributed by atoms with Crippen molar-refractivity contribution in [1.82, 2.24) is 0 Å². The van der Waals surface area contributed by atoms with Gasteiger partial charge in [0.25, 0.3) is 0 Å². The van der Waals surface area contributed by atoms with Crippen LogP contribution < -0.4 is 5.73 Å². The molecule has 0 saturated heterocycles. The molecule has 1 aromatic carbocycles. The summed E-state index contributed by atoms with van der Waals surface area (Å²) in [6, 6.07) is 7.38. The van der Waals surface area contributed by atoms with E-state index in [2.05, 4.69) is 0 Å². The van der Waals surface area contributed by atoms with Crippen LogP contribution in [0.25, 0.3) is 6.08 Å². The quantitative estimate of drug-likeness (QED) is 0.550. The topological polar surface area (TPSA) is 26.0 Å². The molecule has 49 valence electrons. The van der Waals surface area contributed by atoms with Crippen molar-refractivity contribution in [2.24, 2.45) is 0 Å². The van der Waals surface area contributed by atoms with Crippen molar-refractivity contribution in [2.75, 3.05) is 5.73 Å². The molecular formula is C8H8NY-. The van der Waals surface area contributed by atoms with Crippen LogP contribution in [0.5, 0.6) is 0 Å². The summed E-state index contributed by atoms with van der Waals surface area (Å²) in [5.74, 6) is 0. The number of hydrogen-bond acceptors (Lipinski definition) is 1. The van der Waals surface area contributed by atoms with Crippen LogP contribution >= 0.6 is 0 Å². The third-order valence-corrected chi connectivity index (χ3v) is 1.13. The van der Waals surface area contributed by atoms with Gasteiger partial charge in [-0.25, -0.2) is 6.08 Å². The van der Waals surface area contributed by atoms with Crippen molar-refractivity contribution in [1.29, 1.82) is 0 Å². The van der Waals surface area contributed by atoms with Gasteiger partial charge in [0.2, 0.25) is 0 Å². The van der Waals surface area contributed by atoms with Gasteiger partial charge in [0.1, 0.15) is 0 Å². The standard InChI is InChI=1S/C8H8N.Y/c1-2-7-3-5-8(9)6-4-7;/h1-6H,9H2;/q-1;. The van der Waals surface area contributed by atoms with Crippen molar-refractivity contribution in [3.63, 3.8) is 0 Å². The van der Waals surface area contributed by atoms with E-state index in [-0.39, 0.29) is 32.7 Å². The predicted octanol–water partition coefficient (Wildman–Crippen LogP) is 1.71. The Hall–Kier alpha value is -0.136. The minimum Gasteiger partial charge on any atom is -0.399 e. The van der Waals surface area contributed by atoms with Crippen molar-refractivity contribution in [2.45, 2.75) is 0 Å². The fourth-order valence-corrected chi connectivity index (χ4v) is 0.607. The first-order valence-electron chi connectivity index (χ1n) is 2.73. The van der Waals surface area contributed by atoms with Crippen LogP contribution in [0.1, 0.15) is 5.56 Å². The van der Waals surface area contributed by atoms with Crippen LogP contribution in [0.2, 0.25) is 0 Å². The second-order valence-electron chi connectivity index (χ2n) is 1.83. The van der Waals surface area contributed by atoms with Crippen LogP contribution in [0.15, 0.2) is 24.3 Å². The van der Waals surface area contributed by atoms with E-state index in [0.29, 0.717) is 0 Å². The van der Waals surface area contributed by atoms with Crippen LogP contribution in [0, 0.1) is 6.58 Å². The smallest absolute Gasteiger partial charge is 0.0283 e. The number of rotatable bonds is 1. The molecule has 0 atom stereocenters. The van der Waals surface area contributed by atoms with Gasteiger partial charge >= 0.3 is 0 Å². The number of anilines is 1. The zero-order valence-electron chi connectivity index (χ0n) is 5.62. The number of nitrogen functional groups attached to an aromatic ring is 1. The van der Waals surface area contributed by atoms with E-state index in [1.165, 1.54) is 0 Å². The molecule has 0 heterocycles. The van der Waals surface area contributed by atoms with Gasteiger partial charge < -0.3 is 5.73 Å². The molecule has 0 aliphatic carbocycles. The molecule has 0 aromatic heterocycles. The Bertz CT molecular complexity index is 203. The molecule has 0 aliphatic heterocycles. The summed E-state index contributed by atoms with van der Waals surface area (Å²) >= 11 is 0. The Balaban J connectivity index is 0.000000810. The molecule has 2 heteroatoms. The van der Waals surface area contributed by atoms with Crippen LogP contribution in [0.3, 0.4) is 0 Å². The Morgan fingerprint density at radius 2 is 1.70 bits per heavy atom. The van der Waals surface area contributed by atoms with Gasteiger partial charge in [-0.3, -0.25) is 6.58 Å². The summed E-state index contributed by atoms with van der Waals surface area (Å²) in [6.07, 6.45) is 1.54. The molecule has 0 bridgehead atoms. The summed E-state index contributed by atoms with van der Waals surface area (Å²) in [6.45, 7) is 5.23. The molecule has 1 radical (unpaired) electrons. The first-order valence-corrected chi connectivity index (χ1v) is 2.73. The summed E-state index contributed by atoms with van der Waals surface area (Å²) in [7, 11) is 0. The second-order valence-corrected chi connectivity index (χ2v) is 1.83. The number of nitrogens with two attached hydrogens (primary N) is 1. The van der Waals surface area contributed by atoms with Gasteiger partial charge in [0.05, 0.1) is 0 Å². The SMILES string of the molecule is [CH-]=Cc1ccc(N)cc1.[Y]. The summed E-state index contributed by atoms with van der Waals surface area (Å²) < 4.78 is 0. The number of benzene rings is 1. The number of hydrogen-bond donors (Lipinski definition) is 1. The Kier molecular flexibility index (Phi) is 4.58. The maximum Gasteiger partial charge on any atom is 0.0283 e. The first kappa shape index (κ1) is 9.86. The van der Waals surface area contributed by atoms with Gasteiger partial charge in [0.15, 0.2) is 0 Å². The molecule has 10 heavy (non-hydrogen) atoms. The van der Waals surface area contributed by atoms with Crippen molar-refractivity contribution in [3.8, 4) is 0 Å². The molecule has 0 aliphatic rings. The second kappa shape index (κ2) is 4.64. The van der Waals surface area contributed by atoms with Gasteiger partial charge in [-0.1, -0.05) is 12.1 Å². The first-order chi connectivity index (χ1) is 4.33. The van der Waals surface area contributed by atoms with Crippen molar-refractivity contribution >= 4 is 11.8 Å². The zero-order valence-corrected chi connectivity index (χ0v) is 8.46. The maximum atomic E-state index is 5.43. The van der Waals surface area contributed by atoms with Crippen molar-refractivity contribution < 1.29 is 32.7 Å². The van der Waals surface area contributed by atoms with E-state index in [4.69, 9.17) is 12.3 Å². The van der Waals surface area contributed by atoms with Crippen LogP contribution in [0.4, 0.5) is 5.69 Å². The van der Waals surface area contributed by atoms with Crippen LogP contribution in [-0.2, 0) is 32.7 Å². The van der Waals surface area contributed by atoms with Gasteiger partial charge in [0, 0.05) is 38.4 Å². The summed E-state index contributed by atoms with van der Waals surface area (Å²) in [5, 5.41) is 0. The predicted molar refractivity (Wildman–Crippen MR) is 39.6 cm³/mol. The van der Waals surface area contributed by atoms with E-state index >= 15 is 0 Å². The van der Waals surface area contributed by atoms with E-state index in [1.54, 1.807) is 6.08 Å². The fourth-order valence-electron chi connectivity index (χ4n) is 0.607.